The summed E-state index contributed by atoms with van der Waals surface area (Å²) in [6.45, 7) is 8.30. The number of benzene rings is 2. The molecule has 0 bridgehead atoms. The second-order valence-corrected chi connectivity index (χ2v) is 10.7. The first kappa shape index (κ1) is 25.7. The highest BCUT2D eigenvalue weighted by Crippen LogP contribution is 2.28. The molecular formula is C28H34FN3O4. The maximum absolute atomic E-state index is 14.2. The molecular weight excluding hydrogens is 461 g/mol. The van der Waals surface area contributed by atoms with Gasteiger partial charge in [0.2, 0.25) is 11.8 Å². The number of piperidine rings is 1. The fourth-order valence-electron chi connectivity index (χ4n) is 4.79. The van der Waals surface area contributed by atoms with Gasteiger partial charge in [-0.25, -0.2) is 9.18 Å². The third-order valence-electron chi connectivity index (χ3n) is 6.72. The van der Waals surface area contributed by atoms with Crippen LogP contribution in [0, 0.1) is 18.7 Å². The Balaban J connectivity index is 1.42. The van der Waals surface area contributed by atoms with Crippen molar-refractivity contribution in [3.05, 3.63) is 65.0 Å². The minimum absolute atomic E-state index is 0.140. The van der Waals surface area contributed by atoms with Crippen molar-refractivity contribution in [1.82, 2.24) is 9.80 Å². The van der Waals surface area contributed by atoms with Crippen LogP contribution in [-0.4, -0.2) is 52.4 Å². The summed E-state index contributed by atoms with van der Waals surface area (Å²) in [6, 6.07) is 11.8. The van der Waals surface area contributed by atoms with Gasteiger partial charge in [0.25, 0.3) is 0 Å². The van der Waals surface area contributed by atoms with Crippen LogP contribution in [0.3, 0.4) is 0 Å². The molecule has 2 aliphatic heterocycles. The van der Waals surface area contributed by atoms with Crippen molar-refractivity contribution in [2.24, 2.45) is 5.92 Å². The van der Waals surface area contributed by atoms with Gasteiger partial charge in [0.1, 0.15) is 17.5 Å². The normalized spacial score (nSPS) is 18.4. The van der Waals surface area contributed by atoms with E-state index < -0.39 is 23.6 Å². The summed E-state index contributed by atoms with van der Waals surface area (Å²) in [5.74, 6) is -1.16. The van der Waals surface area contributed by atoms with Gasteiger partial charge in [0.15, 0.2) is 0 Å². The van der Waals surface area contributed by atoms with Crippen LogP contribution in [0.1, 0.15) is 50.3 Å². The Morgan fingerprint density at radius 2 is 1.69 bits per heavy atom. The van der Waals surface area contributed by atoms with Gasteiger partial charge in [-0.15, -0.1) is 0 Å². The van der Waals surface area contributed by atoms with Crippen molar-refractivity contribution >= 4 is 23.6 Å². The van der Waals surface area contributed by atoms with Crippen LogP contribution in [0.25, 0.3) is 0 Å². The lowest BCUT2D eigenvalue weighted by Crippen LogP contribution is -2.56. The number of anilines is 1. The van der Waals surface area contributed by atoms with E-state index in [2.05, 4.69) is 5.32 Å². The number of amides is 3. The minimum atomic E-state index is -0.676. The molecule has 2 aromatic carbocycles. The van der Waals surface area contributed by atoms with E-state index in [1.54, 1.807) is 44.7 Å². The molecule has 2 aliphatic rings. The smallest absolute Gasteiger partial charge is 0.411 e. The van der Waals surface area contributed by atoms with E-state index in [9.17, 15) is 18.8 Å². The molecule has 1 unspecified atom stereocenters. The Hall–Kier alpha value is -3.42. The van der Waals surface area contributed by atoms with E-state index in [4.69, 9.17) is 4.74 Å². The standard InChI is InChI=1S/C28H34FN3O4/c1-18-9-10-23(22(29)15-18)30-25(33)19-11-13-31(14-12-19)26(34)24-16-20-7-5-6-8-21(20)17-32(24)27(35)36-28(2,3)4/h5-10,15,19,24H,11-14,16-17H2,1-4H3,(H,30,33). The third-order valence-corrected chi connectivity index (χ3v) is 6.72. The summed E-state index contributed by atoms with van der Waals surface area (Å²) < 4.78 is 19.8. The number of carbonyl (C=O) groups is 3. The molecule has 1 fully saturated rings. The number of ether oxygens (including phenoxy) is 1. The van der Waals surface area contributed by atoms with Crippen LogP contribution < -0.4 is 5.32 Å². The monoisotopic (exact) mass is 495 g/mol. The zero-order valence-corrected chi connectivity index (χ0v) is 21.3. The van der Waals surface area contributed by atoms with Gasteiger partial charge in [-0.05, 0) is 69.4 Å². The molecule has 192 valence electrons. The maximum atomic E-state index is 14.2. The second kappa shape index (κ2) is 10.3. The van der Waals surface area contributed by atoms with Crippen LogP contribution >= 0.6 is 0 Å². The zero-order valence-electron chi connectivity index (χ0n) is 21.3. The number of hydrogen-bond donors (Lipinski definition) is 1. The molecule has 36 heavy (non-hydrogen) atoms. The third kappa shape index (κ3) is 5.86. The number of nitrogens with one attached hydrogen (secondary N) is 1. The number of carbonyl (C=O) groups excluding carboxylic acids is 3. The van der Waals surface area contributed by atoms with Crippen molar-refractivity contribution in [3.63, 3.8) is 0 Å². The van der Waals surface area contributed by atoms with Crippen LogP contribution in [-0.2, 0) is 27.3 Å². The molecule has 0 aromatic heterocycles. The molecule has 1 atom stereocenters. The Kier molecular flexibility index (Phi) is 7.33. The fraction of sp³-hybridized carbons (Fsp3) is 0.464. The number of hydrogen-bond acceptors (Lipinski definition) is 4. The predicted octanol–water partition coefficient (Wildman–Crippen LogP) is 4.67. The van der Waals surface area contributed by atoms with Crippen molar-refractivity contribution in [2.75, 3.05) is 18.4 Å². The first-order chi connectivity index (χ1) is 17.0. The Morgan fingerprint density at radius 1 is 1.03 bits per heavy atom. The molecule has 1 N–H and O–H groups in total. The highest BCUT2D eigenvalue weighted by Gasteiger charge is 2.40. The molecule has 0 aliphatic carbocycles. The SMILES string of the molecule is Cc1ccc(NC(=O)C2CCN(C(=O)C3Cc4ccccc4CN3C(=O)OC(C)(C)C)CC2)c(F)c1. The van der Waals surface area contributed by atoms with Gasteiger partial charge in [-0.2, -0.15) is 0 Å². The van der Waals surface area contributed by atoms with Crippen LogP contribution in [0.5, 0.6) is 0 Å². The molecule has 4 rings (SSSR count). The van der Waals surface area contributed by atoms with Gasteiger partial charge in [-0.3, -0.25) is 14.5 Å². The summed E-state index contributed by atoms with van der Waals surface area (Å²) >= 11 is 0. The highest BCUT2D eigenvalue weighted by atomic mass is 19.1. The molecule has 0 saturated carbocycles. The van der Waals surface area contributed by atoms with E-state index >= 15 is 0 Å². The Morgan fingerprint density at radius 3 is 2.33 bits per heavy atom. The van der Waals surface area contributed by atoms with E-state index in [1.807, 2.05) is 24.3 Å². The number of halogens is 1. The van der Waals surface area contributed by atoms with Crippen molar-refractivity contribution in [2.45, 2.75) is 65.1 Å². The molecule has 3 amide bonds. The minimum Gasteiger partial charge on any atom is -0.444 e. The van der Waals surface area contributed by atoms with Crippen LogP contribution in [0.2, 0.25) is 0 Å². The van der Waals surface area contributed by atoms with Gasteiger partial charge in [-0.1, -0.05) is 30.3 Å². The van der Waals surface area contributed by atoms with Crippen molar-refractivity contribution < 1.29 is 23.5 Å². The highest BCUT2D eigenvalue weighted by molar-refractivity contribution is 5.93. The Labute approximate surface area is 211 Å². The van der Waals surface area contributed by atoms with Gasteiger partial charge >= 0.3 is 6.09 Å². The predicted molar refractivity (Wildman–Crippen MR) is 135 cm³/mol. The lowest BCUT2D eigenvalue weighted by Gasteiger charge is -2.40. The first-order valence-corrected chi connectivity index (χ1v) is 12.4. The lowest BCUT2D eigenvalue weighted by atomic mass is 9.91. The van der Waals surface area contributed by atoms with Crippen molar-refractivity contribution in [3.8, 4) is 0 Å². The van der Waals surface area contributed by atoms with E-state index in [-0.39, 0.29) is 23.4 Å². The Bertz CT molecular complexity index is 1150. The second-order valence-electron chi connectivity index (χ2n) is 10.7. The first-order valence-electron chi connectivity index (χ1n) is 12.4. The van der Waals surface area contributed by atoms with Gasteiger partial charge in [0, 0.05) is 25.4 Å². The lowest BCUT2D eigenvalue weighted by molar-refractivity contribution is -0.140. The summed E-state index contributed by atoms with van der Waals surface area (Å²) in [7, 11) is 0. The average molecular weight is 496 g/mol. The molecule has 2 aromatic rings. The molecule has 2 heterocycles. The summed E-state index contributed by atoms with van der Waals surface area (Å²) in [5.41, 5.74) is 2.32. The maximum Gasteiger partial charge on any atom is 0.411 e. The fourth-order valence-corrected chi connectivity index (χ4v) is 4.79. The largest absolute Gasteiger partial charge is 0.444 e. The number of rotatable bonds is 3. The molecule has 0 spiro atoms. The number of fused-ring (bicyclic) bond motifs is 1. The van der Waals surface area contributed by atoms with E-state index in [0.717, 1.165) is 16.7 Å². The zero-order chi connectivity index (χ0) is 26.0. The topological polar surface area (TPSA) is 79.0 Å². The quantitative estimate of drug-likeness (QED) is 0.671. The number of likely N-dealkylation sites (tertiary alicyclic amines) is 1. The number of aryl methyl sites for hydroxylation is 1. The van der Waals surface area contributed by atoms with Gasteiger partial charge in [0.05, 0.1) is 12.2 Å². The van der Waals surface area contributed by atoms with E-state index in [0.29, 0.717) is 38.9 Å². The van der Waals surface area contributed by atoms with E-state index in [1.165, 1.54) is 11.0 Å². The van der Waals surface area contributed by atoms with Crippen LogP contribution in [0.4, 0.5) is 14.9 Å². The molecule has 7 nitrogen and oxygen atoms in total. The summed E-state index contributed by atoms with van der Waals surface area (Å²) in [4.78, 5) is 42.6. The van der Waals surface area contributed by atoms with Crippen LogP contribution in [0.15, 0.2) is 42.5 Å². The molecule has 0 radical (unpaired) electrons. The molecule has 8 heteroatoms. The number of nitrogens with zero attached hydrogens (tertiary/aromatic N) is 2. The summed E-state index contributed by atoms with van der Waals surface area (Å²) in [6.07, 6.45) is 0.855. The molecule has 1 saturated heterocycles. The average Bonchev–Trinajstić information content (AvgIpc) is 2.83. The van der Waals surface area contributed by atoms with Crippen molar-refractivity contribution in [1.29, 1.82) is 0 Å². The van der Waals surface area contributed by atoms with Gasteiger partial charge < -0.3 is 15.0 Å². The summed E-state index contributed by atoms with van der Waals surface area (Å²) in [5, 5.41) is 2.68.